The predicted octanol–water partition coefficient (Wildman–Crippen LogP) is 3.96. The number of carboxylic acids is 1. The average molecular weight is 431 g/mol. The van der Waals surface area contributed by atoms with Crippen LogP contribution in [0, 0.1) is 10.1 Å². The van der Waals surface area contributed by atoms with Crippen LogP contribution in [-0.4, -0.2) is 31.7 Å². The van der Waals surface area contributed by atoms with Crippen LogP contribution in [0.4, 0.5) is 11.4 Å². The van der Waals surface area contributed by atoms with E-state index in [2.05, 4.69) is 10.4 Å². The molecule has 0 aliphatic rings. The molecule has 1 amide bonds. The quantitative estimate of drug-likeness (QED) is 0.407. The minimum atomic E-state index is -0.985. The molecule has 0 spiro atoms. The Morgan fingerprint density at radius 2 is 1.90 bits per heavy atom. The van der Waals surface area contributed by atoms with Crippen LogP contribution < -0.4 is 10.1 Å². The van der Waals surface area contributed by atoms with E-state index in [0.717, 1.165) is 0 Å². The van der Waals surface area contributed by atoms with Crippen LogP contribution in [0.2, 0.25) is 5.02 Å². The summed E-state index contributed by atoms with van der Waals surface area (Å²) in [5, 5.41) is 27.0. The van der Waals surface area contributed by atoms with Crippen molar-refractivity contribution in [2.24, 2.45) is 0 Å². The van der Waals surface area contributed by atoms with Crippen LogP contribution in [0.1, 0.15) is 16.9 Å². The molecule has 0 atom stereocenters. The minimum Gasteiger partial charge on any atom is -0.481 e. The summed E-state index contributed by atoms with van der Waals surface area (Å²) < 4.78 is 6.95. The molecule has 1 heterocycles. The second kappa shape index (κ2) is 9.05. The van der Waals surface area contributed by atoms with Gasteiger partial charge in [0.15, 0.2) is 5.69 Å². The Morgan fingerprint density at radius 1 is 1.17 bits per heavy atom. The second-order valence-electron chi connectivity index (χ2n) is 6.09. The summed E-state index contributed by atoms with van der Waals surface area (Å²) in [6.45, 7) is 0.110. The molecule has 11 heteroatoms. The molecule has 0 saturated heterocycles. The van der Waals surface area contributed by atoms with E-state index in [1.54, 1.807) is 24.3 Å². The Balaban J connectivity index is 1.78. The maximum absolute atomic E-state index is 12.4. The number of aliphatic carboxylic acids is 1. The third-order valence-corrected chi connectivity index (χ3v) is 4.09. The Hall–Kier alpha value is -3.92. The summed E-state index contributed by atoms with van der Waals surface area (Å²) in [5.74, 6) is -1.04. The number of aryl methyl sites for hydroxylation is 1. The number of anilines is 1. The summed E-state index contributed by atoms with van der Waals surface area (Å²) in [4.78, 5) is 33.7. The first kappa shape index (κ1) is 20.8. The highest BCUT2D eigenvalue weighted by molar-refractivity contribution is 6.30. The van der Waals surface area contributed by atoms with E-state index in [4.69, 9.17) is 21.4 Å². The fourth-order valence-electron chi connectivity index (χ4n) is 2.47. The van der Waals surface area contributed by atoms with E-state index >= 15 is 0 Å². The lowest BCUT2D eigenvalue weighted by Gasteiger charge is -2.09. The first-order valence-electron chi connectivity index (χ1n) is 8.59. The van der Waals surface area contributed by atoms with Gasteiger partial charge in [0.2, 0.25) is 0 Å². The molecule has 0 saturated carbocycles. The monoisotopic (exact) mass is 430 g/mol. The molecule has 0 radical (unpaired) electrons. The predicted molar refractivity (Wildman–Crippen MR) is 107 cm³/mol. The molecule has 30 heavy (non-hydrogen) atoms. The maximum atomic E-state index is 12.4. The standard InChI is InChI=1S/C19H15ClN4O6/c20-12-1-3-15(4-2-12)30-16-10-13(9-14(11-16)24(28)29)21-19(27)17-5-7-23(22-17)8-6-18(25)26/h1-5,7,9-11H,6,8H2,(H,21,27)(H,25,26). The maximum Gasteiger partial charge on any atom is 0.305 e. The number of benzene rings is 2. The number of hydrogen-bond acceptors (Lipinski definition) is 6. The van der Waals surface area contributed by atoms with Crippen LogP contribution in [0.25, 0.3) is 0 Å². The van der Waals surface area contributed by atoms with Crippen molar-refractivity contribution in [2.45, 2.75) is 13.0 Å². The molecule has 10 nitrogen and oxygen atoms in total. The number of nitrogens with one attached hydrogen (secondary N) is 1. The highest BCUT2D eigenvalue weighted by Crippen LogP contribution is 2.30. The number of nitrogens with zero attached hydrogens (tertiary/aromatic N) is 3. The SMILES string of the molecule is O=C(O)CCn1ccc(C(=O)Nc2cc(Oc3ccc(Cl)cc3)cc([N+](=O)[O-])c2)n1. The molecule has 2 N–H and O–H groups in total. The van der Waals surface area contributed by atoms with Crippen molar-refractivity contribution in [3.8, 4) is 11.5 Å². The molecule has 0 aliphatic carbocycles. The van der Waals surface area contributed by atoms with Gasteiger partial charge in [0.25, 0.3) is 11.6 Å². The van der Waals surface area contributed by atoms with Gasteiger partial charge in [0.05, 0.1) is 29.6 Å². The number of nitro benzene ring substituents is 1. The first-order chi connectivity index (χ1) is 14.3. The summed E-state index contributed by atoms with van der Waals surface area (Å²) in [6.07, 6.45) is 1.33. The molecule has 154 valence electrons. The van der Waals surface area contributed by atoms with Crippen LogP contribution in [0.5, 0.6) is 11.5 Å². The molecule has 0 unspecified atom stereocenters. The zero-order valence-corrected chi connectivity index (χ0v) is 16.1. The van der Waals surface area contributed by atoms with E-state index in [-0.39, 0.29) is 35.8 Å². The van der Waals surface area contributed by atoms with Gasteiger partial charge in [0, 0.05) is 23.4 Å². The number of halogens is 1. The summed E-state index contributed by atoms with van der Waals surface area (Å²) in [5.41, 5.74) is -0.103. The van der Waals surface area contributed by atoms with Crippen LogP contribution in [0.15, 0.2) is 54.7 Å². The smallest absolute Gasteiger partial charge is 0.305 e. The fraction of sp³-hybridized carbons (Fsp3) is 0.105. The van der Waals surface area contributed by atoms with Crippen LogP contribution in [-0.2, 0) is 11.3 Å². The summed E-state index contributed by atoms with van der Waals surface area (Å²) >= 11 is 5.83. The number of nitro groups is 1. The number of amides is 1. The van der Waals surface area contributed by atoms with Gasteiger partial charge < -0.3 is 15.2 Å². The number of carbonyl (C=O) groups is 2. The van der Waals surface area contributed by atoms with E-state index in [0.29, 0.717) is 10.8 Å². The minimum absolute atomic E-state index is 0.0343. The van der Waals surface area contributed by atoms with Gasteiger partial charge in [0.1, 0.15) is 11.5 Å². The second-order valence-corrected chi connectivity index (χ2v) is 6.53. The number of carboxylic acid groups (broad SMARTS) is 1. The van der Waals surface area contributed by atoms with Crippen molar-refractivity contribution in [3.63, 3.8) is 0 Å². The number of hydrogen-bond donors (Lipinski definition) is 2. The molecule has 0 fully saturated rings. The number of ether oxygens (including phenoxy) is 1. The lowest BCUT2D eigenvalue weighted by molar-refractivity contribution is -0.384. The third kappa shape index (κ3) is 5.55. The summed E-state index contributed by atoms with van der Waals surface area (Å²) in [7, 11) is 0. The number of rotatable bonds is 8. The number of aromatic nitrogens is 2. The topological polar surface area (TPSA) is 137 Å². The van der Waals surface area contributed by atoms with E-state index in [9.17, 15) is 19.7 Å². The Kier molecular flexibility index (Phi) is 6.28. The van der Waals surface area contributed by atoms with E-state index in [1.807, 2.05) is 0 Å². The van der Waals surface area contributed by atoms with Crippen molar-refractivity contribution in [2.75, 3.05) is 5.32 Å². The van der Waals surface area contributed by atoms with E-state index < -0.39 is 16.8 Å². The van der Waals surface area contributed by atoms with Gasteiger partial charge in [-0.1, -0.05) is 11.6 Å². The van der Waals surface area contributed by atoms with Gasteiger partial charge in [-0.2, -0.15) is 5.10 Å². The molecule has 1 aromatic heterocycles. The molecule has 0 bridgehead atoms. The van der Waals surface area contributed by atoms with Crippen molar-refractivity contribution in [1.82, 2.24) is 9.78 Å². The molecule has 2 aromatic carbocycles. The van der Waals surface area contributed by atoms with Crippen molar-refractivity contribution in [3.05, 3.63) is 75.6 Å². The summed E-state index contributed by atoms with van der Waals surface area (Å²) in [6, 6.07) is 11.7. The van der Waals surface area contributed by atoms with E-state index in [1.165, 1.54) is 35.1 Å². The molecule has 0 aliphatic heterocycles. The Morgan fingerprint density at radius 3 is 2.57 bits per heavy atom. The first-order valence-corrected chi connectivity index (χ1v) is 8.97. The largest absolute Gasteiger partial charge is 0.481 e. The lowest BCUT2D eigenvalue weighted by Crippen LogP contribution is -2.14. The van der Waals surface area contributed by atoms with Gasteiger partial charge in [-0.3, -0.25) is 24.4 Å². The van der Waals surface area contributed by atoms with Crippen LogP contribution in [0.3, 0.4) is 0 Å². The van der Waals surface area contributed by atoms with Crippen molar-refractivity contribution < 1.29 is 24.4 Å². The fourth-order valence-corrected chi connectivity index (χ4v) is 2.60. The average Bonchev–Trinajstić information content (AvgIpc) is 3.17. The Bertz CT molecular complexity index is 1100. The third-order valence-electron chi connectivity index (χ3n) is 3.84. The Labute approximate surface area is 174 Å². The highest BCUT2D eigenvalue weighted by atomic mass is 35.5. The molecular weight excluding hydrogens is 416 g/mol. The number of non-ortho nitro benzene ring substituents is 1. The zero-order chi connectivity index (χ0) is 21.7. The van der Waals surface area contributed by atoms with Gasteiger partial charge in [-0.25, -0.2) is 0 Å². The molecular formula is C19H15ClN4O6. The van der Waals surface area contributed by atoms with Crippen molar-refractivity contribution >= 4 is 34.9 Å². The lowest BCUT2D eigenvalue weighted by atomic mass is 10.2. The van der Waals surface area contributed by atoms with Gasteiger partial charge >= 0.3 is 5.97 Å². The molecule has 3 aromatic rings. The van der Waals surface area contributed by atoms with Crippen molar-refractivity contribution in [1.29, 1.82) is 0 Å². The van der Waals surface area contributed by atoms with Gasteiger partial charge in [-0.05, 0) is 30.3 Å². The van der Waals surface area contributed by atoms with Crippen LogP contribution >= 0.6 is 11.6 Å². The van der Waals surface area contributed by atoms with Gasteiger partial charge in [-0.15, -0.1) is 0 Å². The zero-order valence-electron chi connectivity index (χ0n) is 15.3. The molecule has 3 rings (SSSR count). The number of carbonyl (C=O) groups excluding carboxylic acids is 1. The highest BCUT2D eigenvalue weighted by Gasteiger charge is 2.15. The normalized spacial score (nSPS) is 10.4.